The molecular formula is C43H53N7O8. The van der Waals surface area contributed by atoms with E-state index in [4.69, 9.17) is 14.0 Å². The summed E-state index contributed by atoms with van der Waals surface area (Å²) in [5.74, 6) is -0.807. The second kappa shape index (κ2) is 18.5. The number of methoxy groups -OCH3 is 1. The van der Waals surface area contributed by atoms with Crippen molar-refractivity contribution in [2.75, 3.05) is 26.8 Å². The highest BCUT2D eigenvalue weighted by Crippen LogP contribution is 2.30. The number of aryl methyl sites for hydroxylation is 2. The molecule has 308 valence electrons. The van der Waals surface area contributed by atoms with Crippen LogP contribution in [0.5, 0.6) is 11.5 Å². The number of carbonyl (C=O) groups excluding carboxylic acids is 5. The highest BCUT2D eigenvalue weighted by atomic mass is 16.5. The minimum Gasteiger partial charge on any atom is -0.497 e. The van der Waals surface area contributed by atoms with E-state index >= 15 is 0 Å². The number of aromatic nitrogens is 2. The minimum absolute atomic E-state index is 0.0571. The van der Waals surface area contributed by atoms with Gasteiger partial charge in [0, 0.05) is 25.1 Å². The Hall–Kier alpha value is -5.99. The first kappa shape index (κ1) is 41.6. The van der Waals surface area contributed by atoms with E-state index < -0.39 is 41.8 Å². The fourth-order valence-electron chi connectivity index (χ4n) is 7.15. The van der Waals surface area contributed by atoms with Crippen molar-refractivity contribution in [3.8, 4) is 11.5 Å². The average Bonchev–Trinajstić information content (AvgIpc) is 3.94. The van der Waals surface area contributed by atoms with Gasteiger partial charge in [-0.2, -0.15) is 0 Å². The van der Waals surface area contributed by atoms with Crippen molar-refractivity contribution in [1.29, 1.82) is 0 Å². The molecule has 58 heavy (non-hydrogen) atoms. The van der Waals surface area contributed by atoms with Crippen LogP contribution in [0.2, 0.25) is 0 Å². The highest BCUT2D eigenvalue weighted by Gasteiger charge is 2.34. The van der Waals surface area contributed by atoms with E-state index in [1.54, 1.807) is 82.5 Å². The molecule has 2 bridgehead atoms. The van der Waals surface area contributed by atoms with Crippen molar-refractivity contribution in [1.82, 2.24) is 36.3 Å². The number of hydrogen-bond acceptors (Lipinski definition) is 10. The SMILES string of the molecule is COc1ccc(C[C@@H]2NC(=O)[C@@H](NC(=O)c3cc(C)nc4onc(C)c34)Cc3ccc(cc3)OC[C@H](CC(C)C)NC(=O)CN(CC3CC3)C(=O)[C@@H](C)NC2=O)cc1. The molecule has 1 saturated carbocycles. The van der Waals surface area contributed by atoms with E-state index in [-0.39, 0.29) is 61.1 Å². The van der Waals surface area contributed by atoms with E-state index in [0.717, 1.165) is 12.8 Å². The van der Waals surface area contributed by atoms with E-state index in [0.29, 0.717) is 52.4 Å². The van der Waals surface area contributed by atoms with Crippen molar-refractivity contribution in [3.05, 3.63) is 82.7 Å². The van der Waals surface area contributed by atoms with Crippen LogP contribution in [-0.4, -0.2) is 95.6 Å². The number of nitrogens with one attached hydrogen (secondary N) is 4. The number of ether oxygens (including phenoxy) is 2. The zero-order chi connectivity index (χ0) is 41.5. The molecular weight excluding hydrogens is 743 g/mol. The first-order chi connectivity index (χ1) is 27.8. The third-order valence-electron chi connectivity index (χ3n) is 10.3. The van der Waals surface area contributed by atoms with Crippen LogP contribution < -0.4 is 30.7 Å². The summed E-state index contributed by atoms with van der Waals surface area (Å²) >= 11 is 0. The Morgan fingerprint density at radius 3 is 2.38 bits per heavy atom. The average molecular weight is 796 g/mol. The van der Waals surface area contributed by atoms with Crippen LogP contribution >= 0.6 is 0 Å². The van der Waals surface area contributed by atoms with Gasteiger partial charge in [0.05, 0.1) is 36.3 Å². The fraction of sp³-hybridized carbons (Fsp3) is 0.465. The van der Waals surface area contributed by atoms with Gasteiger partial charge < -0.3 is 40.2 Å². The summed E-state index contributed by atoms with van der Waals surface area (Å²) < 4.78 is 16.8. The van der Waals surface area contributed by atoms with E-state index in [1.807, 2.05) is 0 Å². The standard InChI is InChI=1S/C43H53N7O8/c1-24(2)17-31-23-57-33-15-11-29(12-16-33)20-36(47-39(52)34-18-25(3)44-42-38(34)26(4)49-58-42)41(54)48-35(19-28-9-13-32(56-6)14-10-28)40(53)45-27(5)43(55)50(21-30-7-8-30)22-37(51)46-31/h9-16,18,24,27,30-31,35-36H,7-8,17,19-23H2,1-6H3,(H,45,53)(H,46,51)(H,47,52)(H,48,54)/t27-,31+,35+,36+/m1/s1. The first-order valence-corrected chi connectivity index (χ1v) is 19.8. The maximum atomic E-state index is 14.4. The third-order valence-corrected chi connectivity index (χ3v) is 10.3. The first-order valence-electron chi connectivity index (χ1n) is 19.8. The normalized spacial score (nSPS) is 21.3. The summed E-state index contributed by atoms with van der Waals surface area (Å²) in [4.78, 5) is 76.0. The lowest BCUT2D eigenvalue weighted by Crippen LogP contribution is -2.58. The Morgan fingerprint density at radius 2 is 1.71 bits per heavy atom. The highest BCUT2D eigenvalue weighted by molar-refractivity contribution is 6.07. The Balaban J connectivity index is 1.35. The molecule has 15 heteroatoms. The Labute approximate surface area is 338 Å². The molecule has 1 aliphatic carbocycles. The number of fused-ring (bicyclic) bond motifs is 18. The van der Waals surface area contributed by atoms with Gasteiger partial charge >= 0.3 is 0 Å². The van der Waals surface area contributed by atoms with Crippen molar-refractivity contribution in [3.63, 3.8) is 0 Å². The molecule has 4 heterocycles. The molecule has 3 aliphatic rings. The molecule has 2 aliphatic heterocycles. The smallest absolute Gasteiger partial charge is 0.258 e. The summed E-state index contributed by atoms with van der Waals surface area (Å²) in [6.07, 6.45) is 2.67. The largest absolute Gasteiger partial charge is 0.497 e. The van der Waals surface area contributed by atoms with E-state index in [1.165, 1.54) is 4.90 Å². The van der Waals surface area contributed by atoms with Crippen LogP contribution in [0.15, 0.2) is 59.1 Å². The van der Waals surface area contributed by atoms with E-state index in [2.05, 4.69) is 45.3 Å². The molecule has 0 saturated heterocycles. The van der Waals surface area contributed by atoms with Crippen LogP contribution in [0.3, 0.4) is 0 Å². The van der Waals surface area contributed by atoms with Gasteiger partial charge in [-0.25, -0.2) is 4.98 Å². The molecule has 4 aromatic rings. The molecule has 4 atom stereocenters. The predicted octanol–water partition coefficient (Wildman–Crippen LogP) is 3.58. The minimum atomic E-state index is -1.16. The second-order valence-electron chi connectivity index (χ2n) is 15.8. The Morgan fingerprint density at radius 1 is 0.983 bits per heavy atom. The maximum absolute atomic E-state index is 14.4. The van der Waals surface area contributed by atoms with Gasteiger partial charge in [-0.15, -0.1) is 0 Å². The monoisotopic (exact) mass is 795 g/mol. The number of hydrogen-bond donors (Lipinski definition) is 4. The molecule has 4 N–H and O–H groups in total. The van der Waals surface area contributed by atoms with Crippen LogP contribution in [0, 0.1) is 25.7 Å². The second-order valence-corrected chi connectivity index (χ2v) is 15.8. The fourth-order valence-corrected chi connectivity index (χ4v) is 7.15. The van der Waals surface area contributed by atoms with Crippen molar-refractivity contribution >= 4 is 40.6 Å². The molecule has 2 aromatic carbocycles. The summed E-state index contributed by atoms with van der Waals surface area (Å²) in [5.41, 5.74) is 2.85. The van der Waals surface area contributed by atoms with Crippen LogP contribution in [0.25, 0.3) is 11.1 Å². The molecule has 0 spiro atoms. The molecule has 5 amide bonds. The third kappa shape index (κ3) is 10.9. The summed E-state index contributed by atoms with van der Waals surface area (Å²) in [6.45, 7) is 9.53. The molecule has 0 unspecified atom stereocenters. The zero-order valence-electron chi connectivity index (χ0n) is 33.9. The summed E-state index contributed by atoms with van der Waals surface area (Å²) in [5, 5.41) is 16.1. The summed E-state index contributed by atoms with van der Waals surface area (Å²) in [7, 11) is 1.55. The Kier molecular flexibility index (Phi) is 13.3. The van der Waals surface area contributed by atoms with E-state index in [9.17, 15) is 24.0 Å². The molecule has 1 fully saturated rings. The number of rotatable bonds is 9. The topological polar surface area (TPSA) is 194 Å². The van der Waals surface area contributed by atoms with Gasteiger partial charge in [0.2, 0.25) is 23.6 Å². The lowest BCUT2D eigenvalue weighted by atomic mass is 10.0. The van der Waals surface area contributed by atoms with Crippen molar-refractivity contribution < 1.29 is 38.0 Å². The number of benzene rings is 2. The van der Waals surface area contributed by atoms with Gasteiger partial charge in [-0.3, -0.25) is 24.0 Å². The van der Waals surface area contributed by atoms with Crippen LogP contribution in [0.1, 0.15) is 72.9 Å². The number of pyridine rings is 1. The molecule has 2 aromatic heterocycles. The van der Waals surface area contributed by atoms with Crippen LogP contribution in [-0.2, 0) is 32.0 Å². The zero-order valence-corrected chi connectivity index (χ0v) is 33.9. The lowest BCUT2D eigenvalue weighted by molar-refractivity contribution is -0.140. The summed E-state index contributed by atoms with van der Waals surface area (Å²) in [6, 6.07) is 12.2. The molecule has 15 nitrogen and oxygen atoms in total. The number of carbonyl (C=O) groups is 5. The number of amides is 5. The van der Waals surface area contributed by atoms with Gasteiger partial charge in [0.1, 0.15) is 36.2 Å². The van der Waals surface area contributed by atoms with Gasteiger partial charge in [0.25, 0.3) is 11.6 Å². The lowest BCUT2D eigenvalue weighted by Gasteiger charge is -2.29. The predicted molar refractivity (Wildman–Crippen MR) is 215 cm³/mol. The molecule has 7 rings (SSSR count). The Bertz CT molecular complexity index is 2110. The maximum Gasteiger partial charge on any atom is 0.258 e. The van der Waals surface area contributed by atoms with Crippen molar-refractivity contribution in [2.45, 2.75) is 90.9 Å². The quantitative estimate of drug-likeness (QED) is 0.182. The van der Waals surface area contributed by atoms with Gasteiger partial charge in [0.15, 0.2) is 0 Å². The number of nitrogens with zero attached hydrogens (tertiary/aromatic N) is 3. The van der Waals surface area contributed by atoms with Crippen molar-refractivity contribution in [2.24, 2.45) is 11.8 Å². The van der Waals surface area contributed by atoms with Crippen LogP contribution in [0.4, 0.5) is 0 Å². The molecule has 0 radical (unpaired) electrons. The van der Waals surface area contributed by atoms with Gasteiger partial charge in [-0.05, 0) is 93.3 Å². The van der Waals surface area contributed by atoms with Gasteiger partial charge in [-0.1, -0.05) is 43.3 Å².